The third-order valence-electron chi connectivity index (χ3n) is 16.6. The molecule has 6 heterocycles. The number of benzene rings is 2. The lowest BCUT2D eigenvalue weighted by Gasteiger charge is -2.54. The molecule has 1 aromatic heterocycles. The molecule has 3 atom stereocenters. The van der Waals surface area contributed by atoms with Crippen molar-refractivity contribution < 1.29 is 19.2 Å². The maximum absolute atomic E-state index is 14.1. The number of anilines is 1. The van der Waals surface area contributed by atoms with Crippen LogP contribution in [0, 0.1) is 11.3 Å². The molecule has 4 saturated heterocycles. The minimum absolute atomic E-state index is 0.0787. The summed E-state index contributed by atoms with van der Waals surface area (Å²) in [6.45, 7) is 6.76. The first-order valence-electron chi connectivity index (χ1n) is 22.9. The average Bonchev–Trinajstić information content (AvgIpc) is 3.77. The molecule has 60 heavy (non-hydrogen) atoms. The molecule has 3 unspecified atom stereocenters. The normalized spacial score (nSPS) is 30.5. The number of likely N-dealkylation sites (N-methyl/N-ethyl adjacent to an activating group) is 1. The molecule has 7 aliphatic rings. The van der Waals surface area contributed by atoms with E-state index in [1.807, 2.05) is 24.3 Å². The van der Waals surface area contributed by atoms with Gasteiger partial charge in [-0.25, -0.2) is 4.79 Å². The van der Waals surface area contributed by atoms with Gasteiger partial charge < -0.3 is 20.4 Å². The lowest BCUT2D eigenvalue weighted by atomic mass is 9.60. The predicted molar refractivity (Wildman–Crippen MR) is 229 cm³/mol. The number of hydrogen-bond acceptors (Lipinski definition) is 8. The highest BCUT2D eigenvalue weighted by atomic mass is 16.2. The van der Waals surface area contributed by atoms with Crippen molar-refractivity contribution in [3.8, 4) is 0 Å². The molecule has 2 aromatic carbocycles. The molecule has 4 amide bonds. The maximum atomic E-state index is 14.1. The van der Waals surface area contributed by atoms with Crippen LogP contribution >= 0.6 is 0 Å². The summed E-state index contributed by atoms with van der Waals surface area (Å²) < 4.78 is 3.16. The van der Waals surface area contributed by atoms with E-state index < -0.39 is 17.4 Å². The number of imidazole rings is 1. The van der Waals surface area contributed by atoms with Crippen LogP contribution in [0.15, 0.2) is 47.3 Å². The van der Waals surface area contributed by atoms with Crippen molar-refractivity contribution in [1.82, 2.24) is 34.5 Å². The van der Waals surface area contributed by atoms with E-state index in [9.17, 15) is 24.0 Å². The number of carbonyl (C=O) groups is 4. The fourth-order valence-corrected chi connectivity index (χ4v) is 13.2. The van der Waals surface area contributed by atoms with E-state index in [0.29, 0.717) is 24.2 Å². The Kier molecular flexibility index (Phi) is 10.1. The van der Waals surface area contributed by atoms with Gasteiger partial charge in [-0.15, -0.1) is 0 Å². The minimum atomic E-state index is -0.681. The number of nitrogens with one attached hydrogen (secondary N) is 3. The number of fused-ring (bicyclic) bond motifs is 4. The third kappa shape index (κ3) is 6.47. The second-order valence-corrected chi connectivity index (χ2v) is 19.8. The van der Waals surface area contributed by atoms with Crippen LogP contribution in [0.4, 0.5) is 5.69 Å². The topological polar surface area (TPSA) is 141 Å². The van der Waals surface area contributed by atoms with Gasteiger partial charge in [0.1, 0.15) is 6.04 Å². The number of piperidine rings is 2. The molecule has 0 bridgehead atoms. The number of likely N-dealkylation sites (tertiary alicyclic amines) is 3. The molecule has 2 aliphatic carbocycles. The van der Waals surface area contributed by atoms with Crippen molar-refractivity contribution >= 4 is 40.3 Å². The summed E-state index contributed by atoms with van der Waals surface area (Å²) >= 11 is 0. The molecule has 13 heteroatoms. The third-order valence-corrected chi connectivity index (χ3v) is 16.6. The Bertz CT molecular complexity index is 2250. The molecule has 6 fully saturated rings. The molecule has 3 aromatic rings. The Hall–Kier alpha value is -4.33. The van der Waals surface area contributed by atoms with Gasteiger partial charge in [0, 0.05) is 56.9 Å². The number of aromatic nitrogens is 2. The van der Waals surface area contributed by atoms with E-state index in [4.69, 9.17) is 0 Å². The van der Waals surface area contributed by atoms with E-state index >= 15 is 0 Å². The molecule has 10 rings (SSSR count). The molecule has 320 valence electrons. The van der Waals surface area contributed by atoms with Gasteiger partial charge in [-0.2, -0.15) is 0 Å². The first-order valence-corrected chi connectivity index (χ1v) is 22.9. The molecular weight excluding hydrogens is 757 g/mol. The highest BCUT2D eigenvalue weighted by Gasteiger charge is 2.69. The molecule has 3 N–H and O–H groups in total. The maximum Gasteiger partial charge on any atom is 0.329 e. The van der Waals surface area contributed by atoms with Crippen molar-refractivity contribution in [2.75, 3.05) is 51.6 Å². The lowest BCUT2D eigenvalue weighted by Crippen LogP contribution is -2.60. The molecule has 3 spiro atoms. The molecule has 0 radical (unpaired) electrons. The van der Waals surface area contributed by atoms with Crippen molar-refractivity contribution in [2.45, 2.75) is 125 Å². The van der Waals surface area contributed by atoms with Crippen LogP contribution in [-0.2, 0) is 38.1 Å². The van der Waals surface area contributed by atoms with Gasteiger partial charge >= 0.3 is 5.69 Å². The van der Waals surface area contributed by atoms with Crippen molar-refractivity contribution in [1.29, 1.82) is 0 Å². The van der Waals surface area contributed by atoms with Gasteiger partial charge in [-0.05, 0) is 131 Å². The van der Waals surface area contributed by atoms with Crippen LogP contribution < -0.4 is 21.6 Å². The Morgan fingerprint density at radius 1 is 0.833 bits per heavy atom. The van der Waals surface area contributed by atoms with Crippen LogP contribution in [0.2, 0.25) is 0 Å². The van der Waals surface area contributed by atoms with Gasteiger partial charge in [-0.3, -0.25) is 38.5 Å². The largest absolute Gasteiger partial charge is 0.352 e. The standard InChI is InChI=1S/C47H62N8O5/c1-51-38-26-31(12-15-36(38)55(44(51)60)37-16-17-40(56)50-41(37)57)18-23-54-29-45(30-54)21-24-53(25-22-45)28-32-10-13-33(14-11-32)48-42(58)39-27-47(46(52(39)2)19-6-3-7-20-46)34-8-4-5-9-35(34)49-43(47)59/h4-5,8-9,12,15,26,32-33,37,39H,3,6-7,10-11,13-14,16-25,27-30H2,1-2H3,(H,48,58)(H,49,59)(H,50,56,57). The number of imide groups is 1. The Labute approximate surface area is 352 Å². The van der Waals surface area contributed by atoms with Gasteiger partial charge in [0.15, 0.2) is 0 Å². The van der Waals surface area contributed by atoms with Gasteiger partial charge in [-0.1, -0.05) is 43.5 Å². The smallest absolute Gasteiger partial charge is 0.329 e. The fraction of sp³-hybridized carbons (Fsp3) is 0.638. The molecule has 13 nitrogen and oxygen atoms in total. The van der Waals surface area contributed by atoms with E-state index in [0.717, 1.165) is 119 Å². The van der Waals surface area contributed by atoms with E-state index in [2.05, 4.69) is 55.9 Å². The second-order valence-electron chi connectivity index (χ2n) is 19.8. The molecule has 2 saturated carbocycles. The monoisotopic (exact) mass is 818 g/mol. The van der Waals surface area contributed by atoms with E-state index in [1.54, 1.807) is 16.2 Å². The van der Waals surface area contributed by atoms with Gasteiger partial charge in [0.2, 0.25) is 23.6 Å². The van der Waals surface area contributed by atoms with Crippen LogP contribution in [-0.4, -0.2) is 111 Å². The number of rotatable bonds is 8. The molecule has 5 aliphatic heterocycles. The number of nitrogens with zero attached hydrogens (tertiary/aromatic N) is 5. The predicted octanol–water partition coefficient (Wildman–Crippen LogP) is 4.23. The zero-order chi connectivity index (χ0) is 41.4. The van der Waals surface area contributed by atoms with Crippen LogP contribution in [0.3, 0.4) is 0 Å². The van der Waals surface area contributed by atoms with Crippen LogP contribution in [0.1, 0.15) is 107 Å². The fourth-order valence-electron chi connectivity index (χ4n) is 13.2. The number of carbonyl (C=O) groups excluding carboxylic acids is 4. The summed E-state index contributed by atoms with van der Waals surface area (Å²) in [5.74, 6) is 0.159. The summed E-state index contributed by atoms with van der Waals surface area (Å²) in [4.78, 5) is 73.2. The number of para-hydroxylation sites is 1. The Morgan fingerprint density at radius 2 is 1.58 bits per heavy atom. The van der Waals surface area contributed by atoms with Crippen molar-refractivity contribution in [3.05, 3.63) is 64.1 Å². The highest BCUT2D eigenvalue weighted by Crippen LogP contribution is 2.60. The first kappa shape index (κ1) is 39.8. The van der Waals surface area contributed by atoms with Crippen LogP contribution in [0.25, 0.3) is 11.0 Å². The average molecular weight is 819 g/mol. The van der Waals surface area contributed by atoms with Gasteiger partial charge in [0.25, 0.3) is 0 Å². The number of aryl methyl sites for hydroxylation is 1. The number of hydrogen-bond donors (Lipinski definition) is 3. The lowest BCUT2D eigenvalue weighted by molar-refractivity contribution is -0.135. The van der Waals surface area contributed by atoms with E-state index in [-0.39, 0.29) is 47.5 Å². The summed E-state index contributed by atoms with van der Waals surface area (Å²) in [6.07, 6.45) is 14.1. The first-order chi connectivity index (χ1) is 29.0. The quantitative estimate of drug-likeness (QED) is 0.287. The summed E-state index contributed by atoms with van der Waals surface area (Å²) in [7, 11) is 3.86. The zero-order valence-electron chi connectivity index (χ0n) is 35.5. The summed E-state index contributed by atoms with van der Waals surface area (Å²) in [5.41, 5.74) is 3.92. The van der Waals surface area contributed by atoms with E-state index in [1.165, 1.54) is 24.8 Å². The summed E-state index contributed by atoms with van der Waals surface area (Å²) in [6, 6.07) is 13.5. The Balaban J connectivity index is 0.677. The molecular formula is C47H62N8O5. The van der Waals surface area contributed by atoms with Crippen LogP contribution in [0.5, 0.6) is 0 Å². The highest BCUT2D eigenvalue weighted by molar-refractivity contribution is 6.08. The SMILES string of the molecule is CN1C(C(=O)NC2CCC(CN3CCC4(CC3)CN(CCc3ccc5c(c3)n(C)c(=O)n5C3CCC(=O)NC3=O)C4)CC2)CC2(C(=O)Nc3ccccc32)C12CCCCC2. The zero-order valence-corrected chi connectivity index (χ0v) is 35.5. The second kappa shape index (κ2) is 15.2. The van der Waals surface area contributed by atoms with Gasteiger partial charge in [0.05, 0.1) is 22.5 Å². The summed E-state index contributed by atoms with van der Waals surface area (Å²) in [5, 5.41) is 9.10. The minimum Gasteiger partial charge on any atom is -0.352 e. The van der Waals surface area contributed by atoms with Crippen molar-refractivity contribution in [3.63, 3.8) is 0 Å². The Morgan fingerprint density at radius 3 is 2.33 bits per heavy atom. The van der Waals surface area contributed by atoms with Crippen molar-refractivity contribution in [2.24, 2.45) is 18.4 Å². The number of amides is 4.